The predicted octanol–water partition coefficient (Wildman–Crippen LogP) is 4.18. The number of halogens is 1. The zero-order chi connectivity index (χ0) is 12.8. The molecule has 2 rings (SSSR count). The minimum Gasteiger partial charge on any atom is -0.299 e. The van der Waals surface area contributed by atoms with E-state index in [1.165, 1.54) is 28.8 Å². The highest BCUT2D eigenvalue weighted by Crippen LogP contribution is 2.19. The number of carbonyl (C=O) groups excluding carboxylic acids is 1. The van der Waals surface area contributed by atoms with Gasteiger partial charge in [0, 0.05) is 16.2 Å². The summed E-state index contributed by atoms with van der Waals surface area (Å²) in [5.41, 5.74) is 0. The first-order valence-electron chi connectivity index (χ1n) is 5.66. The van der Waals surface area contributed by atoms with Gasteiger partial charge in [0.1, 0.15) is 11.6 Å². The molecule has 1 aromatic carbocycles. The van der Waals surface area contributed by atoms with Gasteiger partial charge in [0.15, 0.2) is 0 Å². The van der Waals surface area contributed by atoms with E-state index >= 15 is 0 Å². The standard InChI is InChI=1S/C14H13FOS2/c15-11-3-1-4-14(9-11)18-10-12(16)6-7-13-5-2-8-17-13/h1-5,8-9H,6-7,10H2. The summed E-state index contributed by atoms with van der Waals surface area (Å²) in [6.07, 6.45) is 1.36. The molecule has 1 heterocycles. The Balaban J connectivity index is 1.75. The average molecular weight is 280 g/mol. The van der Waals surface area contributed by atoms with E-state index in [4.69, 9.17) is 0 Å². The normalized spacial score (nSPS) is 10.5. The number of ketones is 1. The lowest BCUT2D eigenvalue weighted by Crippen LogP contribution is -2.02. The van der Waals surface area contributed by atoms with Crippen molar-refractivity contribution in [3.05, 3.63) is 52.5 Å². The number of hydrogen-bond donors (Lipinski definition) is 0. The summed E-state index contributed by atoms with van der Waals surface area (Å²) in [4.78, 5) is 13.7. The minimum atomic E-state index is -0.258. The van der Waals surface area contributed by atoms with Gasteiger partial charge < -0.3 is 0 Å². The van der Waals surface area contributed by atoms with E-state index in [9.17, 15) is 9.18 Å². The molecule has 1 aromatic heterocycles. The monoisotopic (exact) mass is 280 g/mol. The molecule has 0 N–H and O–H groups in total. The third-order valence-corrected chi connectivity index (χ3v) is 4.42. The fraction of sp³-hybridized carbons (Fsp3) is 0.214. The number of benzene rings is 1. The zero-order valence-electron chi connectivity index (χ0n) is 9.77. The van der Waals surface area contributed by atoms with Crippen molar-refractivity contribution in [1.29, 1.82) is 0 Å². The second kappa shape index (κ2) is 6.71. The number of hydrogen-bond acceptors (Lipinski definition) is 3. The van der Waals surface area contributed by atoms with Gasteiger partial charge in [-0.1, -0.05) is 12.1 Å². The quantitative estimate of drug-likeness (QED) is 0.738. The van der Waals surface area contributed by atoms with E-state index in [0.717, 1.165) is 11.3 Å². The predicted molar refractivity (Wildman–Crippen MR) is 74.8 cm³/mol. The van der Waals surface area contributed by atoms with Crippen LogP contribution in [0.25, 0.3) is 0 Å². The lowest BCUT2D eigenvalue weighted by Gasteiger charge is -2.01. The summed E-state index contributed by atoms with van der Waals surface area (Å²) >= 11 is 3.07. The third kappa shape index (κ3) is 4.27. The third-order valence-electron chi connectivity index (χ3n) is 2.43. The average Bonchev–Trinajstić information content (AvgIpc) is 2.87. The van der Waals surface area contributed by atoms with Crippen molar-refractivity contribution in [2.75, 3.05) is 5.75 Å². The van der Waals surface area contributed by atoms with Gasteiger partial charge in [0.25, 0.3) is 0 Å². The maximum atomic E-state index is 12.9. The number of thioether (sulfide) groups is 1. The molecule has 0 atom stereocenters. The van der Waals surface area contributed by atoms with E-state index in [-0.39, 0.29) is 11.6 Å². The molecule has 18 heavy (non-hydrogen) atoms. The Bertz CT molecular complexity index is 508. The van der Waals surface area contributed by atoms with E-state index in [1.54, 1.807) is 17.4 Å². The molecule has 94 valence electrons. The highest BCUT2D eigenvalue weighted by Gasteiger charge is 2.05. The minimum absolute atomic E-state index is 0.206. The van der Waals surface area contributed by atoms with E-state index in [0.29, 0.717) is 12.2 Å². The topological polar surface area (TPSA) is 17.1 Å². The van der Waals surface area contributed by atoms with Crippen molar-refractivity contribution in [2.45, 2.75) is 17.7 Å². The van der Waals surface area contributed by atoms with Crippen molar-refractivity contribution >= 4 is 28.9 Å². The van der Waals surface area contributed by atoms with Gasteiger partial charge in [-0.3, -0.25) is 4.79 Å². The Morgan fingerprint density at radius 3 is 2.89 bits per heavy atom. The van der Waals surface area contributed by atoms with Gasteiger partial charge >= 0.3 is 0 Å². The molecule has 0 aliphatic heterocycles. The second-order valence-electron chi connectivity index (χ2n) is 3.86. The van der Waals surface area contributed by atoms with Crippen LogP contribution in [0, 0.1) is 5.82 Å². The number of carbonyl (C=O) groups is 1. The molecular formula is C14H13FOS2. The largest absolute Gasteiger partial charge is 0.299 e. The summed E-state index contributed by atoms with van der Waals surface area (Å²) in [6, 6.07) is 10.4. The maximum absolute atomic E-state index is 12.9. The fourth-order valence-electron chi connectivity index (χ4n) is 1.51. The highest BCUT2D eigenvalue weighted by atomic mass is 32.2. The molecule has 0 unspecified atom stereocenters. The molecule has 0 aliphatic rings. The van der Waals surface area contributed by atoms with Crippen LogP contribution in [0.3, 0.4) is 0 Å². The Labute approximate surface area is 114 Å². The van der Waals surface area contributed by atoms with Gasteiger partial charge in [-0.05, 0) is 36.1 Å². The molecular weight excluding hydrogens is 267 g/mol. The van der Waals surface area contributed by atoms with Crippen molar-refractivity contribution < 1.29 is 9.18 Å². The Morgan fingerprint density at radius 1 is 1.28 bits per heavy atom. The number of aryl methyl sites for hydroxylation is 1. The summed E-state index contributed by atoms with van der Waals surface area (Å²) in [7, 11) is 0. The molecule has 0 radical (unpaired) electrons. The molecule has 0 saturated carbocycles. The van der Waals surface area contributed by atoms with Crippen LogP contribution in [-0.4, -0.2) is 11.5 Å². The molecule has 1 nitrogen and oxygen atoms in total. The summed E-state index contributed by atoms with van der Waals surface area (Å²) in [5, 5.41) is 2.02. The van der Waals surface area contributed by atoms with E-state index < -0.39 is 0 Å². The molecule has 0 fully saturated rings. The fourth-order valence-corrected chi connectivity index (χ4v) is 3.06. The molecule has 0 aliphatic carbocycles. The van der Waals surface area contributed by atoms with Crippen molar-refractivity contribution in [2.24, 2.45) is 0 Å². The number of rotatable bonds is 6. The van der Waals surface area contributed by atoms with Crippen molar-refractivity contribution in [1.82, 2.24) is 0 Å². The van der Waals surface area contributed by atoms with Gasteiger partial charge in [0.05, 0.1) is 5.75 Å². The SMILES string of the molecule is O=C(CCc1cccs1)CSc1cccc(F)c1. The van der Waals surface area contributed by atoms with Gasteiger partial charge in [0.2, 0.25) is 0 Å². The van der Waals surface area contributed by atoms with Crippen molar-refractivity contribution in [3.8, 4) is 0 Å². The van der Waals surface area contributed by atoms with Crippen LogP contribution < -0.4 is 0 Å². The van der Waals surface area contributed by atoms with Crippen LogP contribution in [0.15, 0.2) is 46.7 Å². The highest BCUT2D eigenvalue weighted by molar-refractivity contribution is 8.00. The molecule has 2 aromatic rings. The van der Waals surface area contributed by atoms with Gasteiger partial charge in [-0.2, -0.15) is 0 Å². The van der Waals surface area contributed by atoms with Crippen LogP contribution in [0.2, 0.25) is 0 Å². The first kappa shape index (κ1) is 13.3. The first-order valence-corrected chi connectivity index (χ1v) is 7.53. The van der Waals surface area contributed by atoms with E-state index in [2.05, 4.69) is 0 Å². The summed E-state index contributed by atoms with van der Waals surface area (Å²) < 4.78 is 12.9. The van der Waals surface area contributed by atoms with Crippen molar-refractivity contribution in [3.63, 3.8) is 0 Å². The van der Waals surface area contributed by atoms with E-state index in [1.807, 2.05) is 23.6 Å². The molecule has 4 heteroatoms. The van der Waals surface area contributed by atoms with Crippen LogP contribution in [0.4, 0.5) is 4.39 Å². The van der Waals surface area contributed by atoms with Crippen LogP contribution in [0.1, 0.15) is 11.3 Å². The molecule has 0 bridgehead atoms. The zero-order valence-corrected chi connectivity index (χ0v) is 11.4. The Hall–Kier alpha value is -1.13. The Kier molecular flexibility index (Phi) is 4.96. The number of thiophene rings is 1. The summed E-state index contributed by atoms with van der Waals surface area (Å²) in [5.74, 6) is 0.359. The maximum Gasteiger partial charge on any atom is 0.143 e. The summed E-state index contributed by atoms with van der Waals surface area (Å²) in [6.45, 7) is 0. The lowest BCUT2D eigenvalue weighted by molar-refractivity contribution is -0.116. The smallest absolute Gasteiger partial charge is 0.143 e. The van der Waals surface area contributed by atoms with Crippen LogP contribution >= 0.6 is 23.1 Å². The Morgan fingerprint density at radius 2 is 2.17 bits per heavy atom. The van der Waals surface area contributed by atoms with Crippen LogP contribution in [0.5, 0.6) is 0 Å². The number of Topliss-reactive ketones (excluding diaryl/α,β-unsaturated/α-hetero) is 1. The van der Waals surface area contributed by atoms with Gasteiger partial charge in [-0.25, -0.2) is 4.39 Å². The first-order chi connectivity index (χ1) is 8.74. The lowest BCUT2D eigenvalue weighted by atomic mass is 10.2. The molecule has 0 spiro atoms. The second-order valence-corrected chi connectivity index (χ2v) is 5.95. The van der Waals surface area contributed by atoms with Crippen LogP contribution in [-0.2, 0) is 11.2 Å². The van der Waals surface area contributed by atoms with Gasteiger partial charge in [-0.15, -0.1) is 23.1 Å². The molecule has 0 saturated heterocycles. The molecule has 0 amide bonds.